The second kappa shape index (κ2) is 9.26. The van der Waals surface area contributed by atoms with E-state index in [2.05, 4.69) is 16.7 Å². The highest BCUT2D eigenvalue weighted by Crippen LogP contribution is 2.46. The highest BCUT2D eigenvalue weighted by Gasteiger charge is 2.44. The SMILES string of the molecule is CC1(C)Oc2ccc(C#N)cc2C(c2ccccc2NCC(=O)NC(CO)C(=O)O)C1O. The van der Waals surface area contributed by atoms with Crippen molar-refractivity contribution in [1.29, 1.82) is 5.26 Å². The molecule has 0 saturated carbocycles. The van der Waals surface area contributed by atoms with Gasteiger partial charge in [-0.15, -0.1) is 0 Å². The first-order valence-corrected chi connectivity index (χ1v) is 10.0. The fourth-order valence-electron chi connectivity index (χ4n) is 3.74. The Morgan fingerprint density at radius 2 is 1.94 bits per heavy atom. The van der Waals surface area contributed by atoms with Crippen molar-refractivity contribution in [2.45, 2.75) is 37.5 Å². The predicted octanol–water partition coefficient (Wildman–Crippen LogP) is 1.20. The molecule has 1 aliphatic heterocycles. The lowest BCUT2D eigenvalue weighted by Crippen LogP contribution is -2.49. The summed E-state index contributed by atoms with van der Waals surface area (Å²) in [4.78, 5) is 23.2. The Bertz CT molecular complexity index is 1060. The Morgan fingerprint density at radius 3 is 2.59 bits per heavy atom. The zero-order chi connectivity index (χ0) is 23.5. The van der Waals surface area contributed by atoms with Gasteiger partial charge in [0.15, 0.2) is 0 Å². The lowest BCUT2D eigenvalue weighted by atomic mass is 9.76. The van der Waals surface area contributed by atoms with Gasteiger partial charge >= 0.3 is 5.97 Å². The monoisotopic (exact) mass is 439 g/mol. The fraction of sp³-hybridized carbons (Fsp3) is 0.348. The first kappa shape index (κ1) is 23.1. The van der Waals surface area contributed by atoms with Gasteiger partial charge in [0.2, 0.25) is 5.91 Å². The van der Waals surface area contributed by atoms with Crippen LogP contribution in [0.15, 0.2) is 42.5 Å². The lowest BCUT2D eigenvalue weighted by molar-refractivity contribution is -0.142. The number of benzene rings is 2. The second-order valence-electron chi connectivity index (χ2n) is 8.07. The fourth-order valence-corrected chi connectivity index (χ4v) is 3.74. The van der Waals surface area contributed by atoms with Crippen molar-refractivity contribution < 1.29 is 29.6 Å². The van der Waals surface area contributed by atoms with Crippen LogP contribution in [0.4, 0.5) is 5.69 Å². The molecule has 3 atom stereocenters. The van der Waals surface area contributed by atoms with Gasteiger partial charge < -0.3 is 30.7 Å². The van der Waals surface area contributed by atoms with Crippen molar-refractivity contribution in [2.75, 3.05) is 18.5 Å². The largest absolute Gasteiger partial charge is 0.485 e. The molecular weight excluding hydrogens is 414 g/mol. The van der Waals surface area contributed by atoms with Crippen LogP contribution in [0.2, 0.25) is 0 Å². The second-order valence-corrected chi connectivity index (χ2v) is 8.07. The normalized spacial score (nSPS) is 19.6. The van der Waals surface area contributed by atoms with E-state index in [9.17, 15) is 20.0 Å². The minimum Gasteiger partial charge on any atom is -0.485 e. The minimum atomic E-state index is -1.39. The highest BCUT2D eigenvalue weighted by atomic mass is 16.5. The van der Waals surface area contributed by atoms with Crippen LogP contribution in [-0.4, -0.2) is 58.1 Å². The number of carboxylic acid groups (broad SMARTS) is 1. The number of amides is 1. The maximum absolute atomic E-state index is 12.2. The van der Waals surface area contributed by atoms with Crippen molar-refractivity contribution in [3.05, 3.63) is 59.2 Å². The molecule has 168 valence electrons. The van der Waals surface area contributed by atoms with Crippen LogP contribution < -0.4 is 15.4 Å². The summed E-state index contributed by atoms with van der Waals surface area (Å²) in [5.41, 5.74) is 1.43. The number of anilines is 1. The summed E-state index contributed by atoms with van der Waals surface area (Å²) in [5.74, 6) is -1.93. The number of fused-ring (bicyclic) bond motifs is 1. The maximum atomic E-state index is 12.2. The molecule has 0 aliphatic carbocycles. The first-order valence-electron chi connectivity index (χ1n) is 10.0. The van der Waals surface area contributed by atoms with E-state index in [0.717, 1.165) is 0 Å². The molecular formula is C23H25N3O6. The number of hydrogen-bond acceptors (Lipinski definition) is 7. The lowest BCUT2D eigenvalue weighted by Gasteiger charge is -2.43. The highest BCUT2D eigenvalue weighted by molar-refractivity contribution is 5.86. The van der Waals surface area contributed by atoms with E-state index in [1.165, 1.54) is 0 Å². The molecule has 0 aromatic heterocycles. The Hall–Kier alpha value is -3.61. The standard InChI is InChI=1S/C23H25N3O6/c1-23(2)21(29)20(15-9-13(10-24)7-8-18(15)32-23)14-5-3-4-6-16(14)25-11-19(28)26-17(12-27)22(30)31/h3-9,17,20-21,25,27,29H,11-12H2,1-2H3,(H,26,28)(H,30,31). The van der Waals surface area contributed by atoms with Gasteiger partial charge in [-0.2, -0.15) is 5.26 Å². The third kappa shape index (κ3) is 4.66. The molecule has 9 nitrogen and oxygen atoms in total. The zero-order valence-corrected chi connectivity index (χ0v) is 17.7. The summed E-state index contributed by atoms with van der Waals surface area (Å²) in [6.45, 7) is 2.58. The topological polar surface area (TPSA) is 152 Å². The first-order chi connectivity index (χ1) is 15.2. The number of rotatable bonds is 7. The van der Waals surface area contributed by atoms with Crippen LogP contribution in [-0.2, 0) is 9.59 Å². The molecule has 9 heteroatoms. The van der Waals surface area contributed by atoms with Gasteiger partial charge in [0.05, 0.1) is 24.8 Å². The summed E-state index contributed by atoms with van der Waals surface area (Å²) in [6, 6.07) is 12.9. The average molecular weight is 439 g/mol. The van der Waals surface area contributed by atoms with Crippen LogP contribution in [0.1, 0.15) is 36.5 Å². The van der Waals surface area contributed by atoms with Crippen molar-refractivity contribution >= 4 is 17.6 Å². The third-order valence-electron chi connectivity index (χ3n) is 5.43. The summed E-state index contributed by atoms with van der Waals surface area (Å²) in [6.07, 6.45) is -0.952. The predicted molar refractivity (Wildman–Crippen MR) is 115 cm³/mol. The molecule has 0 radical (unpaired) electrons. The number of carboxylic acids is 1. The van der Waals surface area contributed by atoms with E-state index in [0.29, 0.717) is 28.1 Å². The Labute approximate surface area is 185 Å². The molecule has 1 amide bonds. The number of nitrogens with zero attached hydrogens (tertiary/aromatic N) is 1. The molecule has 5 N–H and O–H groups in total. The average Bonchev–Trinajstić information content (AvgIpc) is 2.76. The summed E-state index contributed by atoms with van der Waals surface area (Å²) in [7, 11) is 0. The van der Waals surface area contributed by atoms with Gasteiger partial charge in [-0.25, -0.2) is 4.79 Å². The van der Waals surface area contributed by atoms with Gasteiger partial charge in [-0.3, -0.25) is 4.79 Å². The number of aliphatic carboxylic acids is 1. The van der Waals surface area contributed by atoms with Gasteiger partial charge in [0, 0.05) is 17.2 Å². The van der Waals surface area contributed by atoms with Crippen molar-refractivity contribution in [1.82, 2.24) is 5.32 Å². The molecule has 0 fully saturated rings. The van der Waals surface area contributed by atoms with E-state index in [-0.39, 0.29) is 6.54 Å². The molecule has 0 spiro atoms. The minimum absolute atomic E-state index is 0.241. The van der Waals surface area contributed by atoms with Crippen LogP contribution >= 0.6 is 0 Å². The summed E-state index contributed by atoms with van der Waals surface area (Å²) < 4.78 is 5.98. The Kier molecular flexibility index (Phi) is 6.67. The molecule has 3 rings (SSSR count). The van der Waals surface area contributed by atoms with Gasteiger partial charge in [-0.05, 0) is 43.7 Å². The van der Waals surface area contributed by atoms with Crippen LogP contribution in [0, 0.1) is 11.3 Å². The number of aliphatic hydroxyl groups is 2. The summed E-state index contributed by atoms with van der Waals surface area (Å²) >= 11 is 0. The number of nitrogens with one attached hydrogen (secondary N) is 2. The summed E-state index contributed by atoms with van der Waals surface area (Å²) in [5, 5.41) is 43.8. The number of carbonyl (C=O) groups excluding carboxylic acids is 1. The number of ether oxygens (including phenoxy) is 1. The maximum Gasteiger partial charge on any atom is 0.328 e. The number of aliphatic hydroxyl groups excluding tert-OH is 2. The molecule has 0 bridgehead atoms. The van der Waals surface area contributed by atoms with Crippen molar-refractivity contribution in [3.63, 3.8) is 0 Å². The van der Waals surface area contributed by atoms with E-state index in [4.69, 9.17) is 14.9 Å². The molecule has 2 aromatic carbocycles. The van der Waals surface area contributed by atoms with Crippen LogP contribution in [0.25, 0.3) is 0 Å². The zero-order valence-electron chi connectivity index (χ0n) is 17.7. The molecule has 3 unspecified atom stereocenters. The number of carbonyl (C=O) groups is 2. The van der Waals surface area contributed by atoms with E-state index in [1.54, 1.807) is 50.2 Å². The molecule has 1 aliphatic rings. The quantitative estimate of drug-likeness (QED) is 0.431. The molecule has 1 heterocycles. The Balaban J connectivity index is 1.93. The van der Waals surface area contributed by atoms with Gasteiger partial charge in [0.25, 0.3) is 0 Å². The smallest absolute Gasteiger partial charge is 0.328 e. The van der Waals surface area contributed by atoms with E-state index in [1.807, 2.05) is 6.07 Å². The number of hydrogen-bond donors (Lipinski definition) is 5. The number of para-hydroxylation sites is 1. The third-order valence-corrected chi connectivity index (χ3v) is 5.43. The van der Waals surface area contributed by atoms with Gasteiger partial charge in [-0.1, -0.05) is 18.2 Å². The van der Waals surface area contributed by atoms with Gasteiger partial charge in [0.1, 0.15) is 23.5 Å². The van der Waals surface area contributed by atoms with E-state index >= 15 is 0 Å². The molecule has 0 saturated heterocycles. The number of nitriles is 1. The molecule has 2 aromatic rings. The van der Waals surface area contributed by atoms with Crippen LogP contribution in [0.5, 0.6) is 5.75 Å². The van der Waals surface area contributed by atoms with Crippen LogP contribution in [0.3, 0.4) is 0 Å². The Morgan fingerprint density at radius 1 is 1.22 bits per heavy atom. The van der Waals surface area contributed by atoms with E-state index < -0.39 is 42.1 Å². The van der Waals surface area contributed by atoms with Crippen molar-refractivity contribution in [3.8, 4) is 11.8 Å². The molecule has 32 heavy (non-hydrogen) atoms. The van der Waals surface area contributed by atoms with Crippen molar-refractivity contribution in [2.24, 2.45) is 0 Å².